The van der Waals surface area contributed by atoms with Crippen LogP contribution in [0.15, 0.2) is 54.9 Å². The van der Waals surface area contributed by atoms with Gasteiger partial charge in [0.05, 0.1) is 12.1 Å². The molecule has 2 aromatic carbocycles. The van der Waals surface area contributed by atoms with Crippen LogP contribution in [0.3, 0.4) is 0 Å². The molecule has 31 heavy (non-hydrogen) atoms. The van der Waals surface area contributed by atoms with Gasteiger partial charge in [0.1, 0.15) is 12.9 Å². The minimum absolute atomic E-state index is 0.00246. The Labute approximate surface area is 181 Å². The number of hydrogen-bond donors (Lipinski definition) is 0. The van der Waals surface area contributed by atoms with E-state index in [2.05, 4.69) is 15.5 Å². The van der Waals surface area contributed by atoms with Crippen molar-refractivity contribution in [3.63, 3.8) is 0 Å². The van der Waals surface area contributed by atoms with E-state index in [4.69, 9.17) is 0 Å². The highest BCUT2D eigenvalue weighted by atomic mass is 16.2. The maximum absolute atomic E-state index is 13.2. The van der Waals surface area contributed by atoms with Gasteiger partial charge in [-0.15, -0.1) is 5.10 Å². The summed E-state index contributed by atoms with van der Waals surface area (Å²) in [5.41, 5.74) is 3.53. The molecule has 0 spiro atoms. The molecule has 2 amide bonds. The molecule has 8 nitrogen and oxygen atoms in total. The number of rotatable bonds is 6. The summed E-state index contributed by atoms with van der Waals surface area (Å²) in [6, 6.07) is 15.2. The third kappa shape index (κ3) is 5.14. The van der Waals surface area contributed by atoms with Crippen molar-refractivity contribution in [3.8, 4) is 5.69 Å². The van der Waals surface area contributed by atoms with Crippen molar-refractivity contribution in [1.82, 2.24) is 25.1 Å². The van der Waals surface area contributed by atoms with E-state index in [-0.39, 0.29) is 24.8 Å². The van der Waals surface area contributed by atoms with Crippen LogP contribution in [0.1, 0.15) is 30.4 Å². The van der Waals surface area contributed by atoms with Crippen LogP contribution < -0.4 is 4.90 Å². The highest BCUT2D eigenvalue weighted by Crippen LogP contribution is 2.19. The molecule has 0 unspecified atom stereocenters. The summed E-state index contributed by atoms with van der Waals surface area (Å²) in [5.74, 6) is -0.105. The molecule has 1 aliphatic rings. The quantitative estimate of drug-likeness (QED) is 0.614. The molecule has 0 bridgehead atoms. The number of carbonyl (C=O) groups is 2. The van der Waals surface area contributed by atoms with Gasteiger partial charge in [0.2, 0.25) is 11.8 Å². The largest absolute Gasteiger partial charge is 0.341 e. The van der Waals surface area contributed by atoms with Gasteiger partial charge in [-0.3, -0.25) is 9.59 Å². The van der Waals surface area contributed by atoms with E-state index in [0.29, 0.717) is 0 Å². The van der Waals surface area contributed by atoms with Gasteiger partial charge < -0.3 is 9.80 Å². The van der Waals surface area contributed by atoms with Crippen molar-refractivity contribution in [1.29, 1.82) is 0 Å². The number of nitrogens with zero attached hydrogens (tertiary/aromatic N) is 6. The molecule has 4 rings (SSSR count). The van der Waals surface area contributed by atoms with E-state index in [1.807, 2.05) is 60.4 Å². The van der Waals surface area contributed by atoms with Crippen LogP contribution in [0.5, 0.6) is 0 Å². The van der Waals surface area contributed by atoms with Gasteiger partial charge in [0.25, 0.3) is 0 Å². The van der Waals surface area contributed by atoms with Crippen molar-refractivity contribution < 1.29 is 9.59 Å². The lowest BCUT2D eigenvalue weighted by atomic mass is 10.1. The number of hydrogen-bond acceptors (Lipinski definition) is 5. The van der Waals surface area contributed by atoms with Crippen LogP contribution in [0.2, 0.25) is 0 Å². The lowest BCUT2D eigenvalue weighted by molar-refractivity contribution is -0.132. The fourth-order valence-corrected chi connectivity index (χ4v) is 3.74. The molecule has 1 aromatic heterocycles. The average molecular weight is 419 g/mol. The summed E-state index contributed by atoms with van der Waals surface area (Å²) in [7, 11) is 0. The van der Waals surface area contributed by atoms with Crippen LogP contribution >= 0.6 is 0 Å². The third-order valence-corrected chi connectivity index (χ3v) is 5.55. The number of tetrazole rings is 1. The molecule has 3 aromatic rings. The molecular weight excluding hydrogens is 392 g/mol. The fourth-order valence-electron chi connectivity index (χ4n) is 3.74. The van der Waals surface area contributed by atoms with Crippen molar-refractivity contribution >= 4 is 17.5 Å². The van der Waals surface area contributed by atoms with Crippen LogP contribution in [-0.2, 0) is 16.0 Å². The average Bonchev–Trinajstić information content (AvgIpc) is 3.34. The van der Waals surface area contributed by atoms with Crippen molar-refractivity contribution in [2.75, 3.05) is 24.5 Å². The number of benzene rings is 2. The van der Waals surface area contributed by atoms with E-state index in [9.17, 15) is 9.59 Å². The first kappa shape index (κ1) is 20.7. The van der Waals surface area contributed by atoms with E-state index in [1.54, 1.807) is 9.58 Å². The molecule has 1 saturated heterocycles. The monoisotopic (exact) mass is 418 g/mol. The number of likely N-dealkylation sites (tertiary alicyclic amines) is 1. The minimum Gasteiger partial charge on any atom is -0.341 e. The van der Waals surface area contributed by atoms with Crippen LogP contribution in [-0.4, -0.2) is 56.6 Å². The highest BCUT2D eigenvalue weighted by Gasteiger charge is 2.24. The number of anilines is 1. The van der Waals surface area contributed by atoms with Gasteiger partial charge in [-0.25, -0.2) is 4.68 Å². The summed E-state index contributed by atoms with van der Waals surface area (Å²) in [4.78, 5) is 29.6. The van der Waals surface area contributed by atoms with Crippen LogP contribution in [0, 0.1) is 6.92 Å². The van der Waals surface area contributed by atoms with Gasteiger partial charge in [-0.2, -0.15) is 0 Å². The number of carbonyl (C=O) groups excluding carboxylic acids is 2. The van der Waals surface area contributed by atoms with Gasteiger partial charge in [0, 0.05) is 18.8 Å². The van der Waals surface area contributed by atoms with Gasteiger partial charge >= 0.3 is 0 Å². The Bertz CT molecular complexity index is 1010. The molecule has 0 N–H and O–H groups in total. The molecular formula is C23H26N6O2. The Balaban J connectivity index is 1.50. The third-order valence-electron chi connectivity index (χ3n) is 5.55. The van der Waals surface area contributed by atoms with Gasteiger partial charge in [-0.05, 0) is 66.4 Å². The Morgan fingerprint density at radius 2 is 1.68 bits per heavy atom. The zero-order valence-electron chi connectivity index (χ0n) is 17.6. The molecule has 1 fully saturated rings. The second kappa shape index (κ2) is 9.51. The Kier molecular flexibility index (Phi) is 6.35. The fraction of sp³-hybridized carbons (Fsp3) is 0.348. The predicted molar refractivity (Wildman–Crippen MR) is 117 cm³/mol. The van der Waals surface area contributed by atoms with Crippen molar-refractivity contribution in [3.05, 3.63) is 66.0 Å². The lowest BCUT2D eigenvalue weighted by Gasteiger charge is -2.30. The summed E-state index contributed by atoms with van der Waals surface area (Å²) >= 11 is 0. The summed E-state index contributed by atoms with van der Waals surface area (Å²) < 4.78 is 1.56. The zero-order valence-corrected chi connectivity index (χ0v) is 17.6. The molecule has 0 saturated carbocycles. The van der Waals surface area contributed by atoms with Gasteiger partial charge in [-0.1, -0.05) is 29.8 Å². The standard InChI is InChI=1S/C23H26N6O2/c1-18-5-9-20(10-6-18)28(16-23(31)27-13-3-2-4-14-27)22(30)15-19-7-11-21(12-8-19)29-17-24-25-26-29/h5-12,17H,2-4,13-16H2,1H3. The highest BCUT2D eigenvalue weighted by molar-refractivity contribution is 5.99. The Hall–Kier alpha value is -3.55. The first-order valence-corrected chi connectivity index (χ1v) is 10.6. The van der Waals surface area contributed by atoms with Gasteiger partial charge in [0.15, 0.2) is 0 Å². The number of aromatic nitrogens is 4. The second-order valence-electron chi connectivity index (χ2n) is 7.85. The summed E-state index contributed by atoms with van der Waals surface area (Å²) in [6.07, 6.45) is 4.93. The van der Waals surface area contributed by atoms with E-state index in [0.717, 1.165) is 54.9 Å². The number of aryl methyl sites for hydroxylation is 1. The van der Waals surface area contributed by atoms with Crippen molar-refractivity contribution in [2.24, 2.45) is 0 Å². The molecule has 2 heterocycles. The van der Waals surface area contributed by atoms with Crippen LogP contribution in [0.4, 0.5) is 5.69 Å². The topological polar surface area (TPSA) is 84.2 Å². The molecule has 1 aliphatic heterocycles. The predicted octanol–water partition coefficient (Wildman–Crippen LogP) is 2.56. The zero-order chi connectivity index (χ0) is 21.6. The smallest absolute Gasteiger partial charge is 0.242 e. The van der Waals surface area contributed by atoms with E-state index in [1.165, 1.54) is 6.33 Å². The Morgan fingerprint density at radius 1 is 0.968 bits per heavy atom. The second-order valence-corrected chi connectivity index (χ2v) is 7.85. The molecule has 0 atom stereocenters. The maximum Gasteiger partial charge on any atom is 0.242 e. The molecule has 0 radical (unpaired) electrons. The van der Waals surface area contributed by atoms with Crippen molar-refractivity contribution in [2.45, 2.75) is 32.6 Å². The molecule has 0 aliphatic carbocycles. The summed E-state index contributed by atoms with van der Waals surface area (Å²) in [5, 5.41) is 11.1. The van der Waals surface area contributed by atoms with Crippen LogP contribution in [0.25, 0.3) is 5.69 Å². The summed E-state index contributed by atoms with van der Waals surface area (Å²) in [6.45, 7) is 3.60. The molecule has 8 heteroatoms. The first-order valence-electron chi connectivity index (χ1n) is 10.6. The first-order chi connectivity index (χ1) is 15.1. The minimum atomic E-state index is -0.107. The normalized spacial score (nSPS) is 13.8. The number of amides is 2. The number of piperidine rings is 1. The maximum atomic E-state index is 13.2. The SMILES string of the molecule is Cc1ccc(N(CC(=O)N2CCCCC2)C(=O)Cc2ccc(-n3cnnn3)cc2)cc1. The lowest BCUT2D eigenvalue weighted by Crippen LogP contribution is -2.45. The van der Waals surface area contributed by atoms with E-state index >= 15 is 0 Å². The Morgan fingerprint density at radius 3 is 2.32 bits per heavy atom. The molecule has 160 valence electrons. The van der Waals surface area contributed by atoms with E-state index < -0.39 is 0 Å².